The molecule has 0 aromatic rings. The molecule has 0 radical (unpaired) electrons. The van der Waals surface area contributed by atoms with Gasteiger partial charge in [0.1, 0.15) is 6.29 Å². The van der Waals surface area contributed by atoms with Crippen LogP contribution < -0.4 is 5.73 Å². The van der Waals surface area contributed by atoms with E-state index < -0.39 is 0 Å². The average molecular weight is 112 g/mol. The molecule has 44 valence electrons. The van der Waals surface area contributed by atoms with Crippen molar-refractivity contribution in [1.29, 1.82) is 0 Å². The van der Waals surface area contributed by atoms with Crippen molar-refractivity contribution in [2.75, 3.05) is 0 Å². The second-order valence-corrected chi connectivity index (χ2v) is 1.22. The molecule has 0 heterocycles. The molecule has 0 unspecified atom stereocenters. The minimum atomic E-state index is 0.613. The van der Waals surface area contributed by atoms with Gasteiger partial charge in [0.15, 0.2) is 0 Å². The van der Waals surface area contributed by atoms with Crippen molar-refractivity contribution in [3.63, 3.8) is 0 Å². The van der Waals surface area contributed by atoms with Crippen molar-refractivity contribution in [3.05, 3.63) is 11.8 Å². The van der Waals surface area contributed by atoms with Crippen molar-refractivity contribution in [2.45, 2.75) is 6.92 Å². The lowest BCUT2D eigenvalue weighted by molar-refractivity contribution is -0.104. The fraction of sp³-hybridized carbons (Fsp3) is 0.200. The fourth-order valence-corrected chi connectivity index (χ4v) is 0.259. The van der Waals surface area contributed by atoms with Gasteiger partial charge in [0.05, 0.1) is 6.34 Å². The van der Waals surface area contributed by atoms with E-state index in [0.29, 0.717) is 12.0 Å². The van der Waals surface area contributed by atoms with Gasteiger partial charge in [0.2, 0.25) is 0 Å². The van der Waals surface area contributed by atoms with E-state index >= 15 is 0 Å². The summed E-state index contributed by atoms with van der Waals surface area (Å²) in [6.45, 7) is 1.69. The van der Waals surface area contributed by atoms with Crippen LogP contribution >= 0.6 is 0 Å². The third kappa shape index (κ3) is 3.08. The van der Waals surface area contributed by atoms with E-state index in [1.165, 1.54) is 6.08 Å². The second kappa shape index (κ2) is 4.05. The zero-order valence-electron chi connectivity index (χ0n) is 4.66. The van der Waals surface area contributed by atoms with Gasteiger partial charge in [-0.1, -0.05) is 0 Å². The smallest absolute Gasteiger partial charge is 0.144 e. The van der Waals surface area contributed by atoms with E-state index in [2.05, 4.69) is 4.99 Å². The Labute approximate surface area is 47.9 Å². The minimum absolute atomic E-state index is 0.613. The highest BCUT2D eigenvalue weighted by Gasteiger charge is 1.75. The number of carbonyl (C=O) groups is 1. The molecule has 0 aromatic heterocycles. The minimum Gasteiger partial charge on any atom is -0.390 e. The first kappa shape index (κ1) is 6.88. The Morgan fingerprint density at radius 2 is 2.38 bits per heavy atom. The molecular weight excluding hydrogens is 104 g/mol. The summed E-state index contributed by atoms with van der Waals surface area (Å²) < 4.78 is 0. The van der Waals surface area contributed by atoms with Crippen LogP contribution in [0.5, 0.6) is 0 Å². The topological polar surface area (TPSA) is 55.5 Å². The van der Waals surface area contributed by atoms with Crippen LogP contribution in [0.15, 0.2) is 16.8 Å². The molecule has 0 aliphatic heterocycles. The highest BCUT2D eigenvalue weighted by atomic mass is 16.1. The summed E-state index contributed by atoms with van der Waals surface area (Å²) in [6.07, 6.45) is 3.15. The number of aldehydes is 1. The Hall–Kier alpha value is -1.12. The Morgan fingerprint density at radius 3 is 2.75 bits per heavy atom. The maximum atomic E-state index is 9.70. The third-order valence-electron chi connectivity index (χ3n) is 0.587. The second-order valence-electron chi connectivity index (χ2n) is 1.22. The van der Waals surface area contributed by atoms with Crippen LogP contribution in [0.1, 0.15) is 6.92 Å². The molecule has 0 aliphatic carbocycles. The first-order valence-corrected chi connectivity index (χ1v) is 2.17. The highest BCUT2D eigenvalue weighted by Crippen LogP contribution is 1.87. The molecule has 0 atom stereocenters. The van der Waals surface area contributed by atoms with Crippen LogP contribution in [-0.2, 0) is 4.79 Å². The van der Waals surface area contributed by atoms with Crippen molar-refractivity contribution in [3.8, 4) is 0 Å². The predicted molar refractivity (Wildman–Crippen MR) is 32.5 cm³/mol. The van der Waals surface area contributed by atoms with E-state index in [1.54, 1.807) is 6.92 Å². The molecule has 0 aliphatic rings. The predicted octanol–water partition coefficient (Wildman–Crippen LogP) is 0.0761. The van der Waals surface area contributed by atoms with Gasteiger partial charge in [-0.3, -0.25) is 4.79 Å². The summed E-state index contributed by atoms with van der Waals surface area (Å²) in [5, 5.41) is 0. The monoisotopic (exact) mass is 112 g/mol. The molecule has 0 rings (SSSR count). The number of rotatable bonds is 2. The van der Waals surface area contributed by atoms with Gasteiger partial charge in [-0.05, 0) is 13.0 Å². The summed E-state index contributed by atoms with van der Waals surface area (Å²) in [5.74, 6) is 0. The Balaban J connectivity index is 3.79. The van der Waals surface area contributed by atoms with Crippen LogP contribution in [0.4, 0.5) is 0 Å². The quantitative estimate of drug-likeness (QED) is 0.238. The number of carbonyl (C=O) groups excluding carboxylic acids is 1. The molecular formula is C5H8N2O. The SMILES string of the molecule is CC(=CC=O)N=CN. The average Bonchev–Trinajstić information content (AvgIpc) is 1.68. The van der Waals surface area contributed by atoms with E-state index in [0.717, 1.165) is 6.34 Å². The zero-order valence-corrected chi connectivity index (χ0v) is 4.66. The van der Waals surface area contributed by atoms with E-state index in [4.69, 9.17) is 5.73 Å². The highest BCUT2D eigenvalue weighted by molar-refractivity contribution is 5.66. The Bertz CT molecular complexity index is 126. The first-order valence-electron chi connectivity index (χ1n) is 2.17. The maximum absolute atomic E-state index is 9.70. The molecule has 0 bridgehead atoms. The van der Waals surface area contributed by atoms with E-state index in [-0.39, 0.29) is 0 Å². The standard InChI is InChI=1S/C5H8N2O/c1-5(2-3-8)7-4-6/h2-4H,1H3,(H2,6,7). The fourth-order valence-electron chi connectivity index (χ4n) is 0.259. The van der Waals surface area contributed by atoms with Gasteiger partial charge >= 0.3 is 0 Å². The Morgan fingerprint density at radius 1 is 1.75 bits per heavy atom. The third-order valence-corrected chi connectivity index (χ3v) is 0.587. The van der Waals surface area contributed by atoms with Crippen molar-refractivity contribution < 1.29 is 4.79 Å². The van der Waals surface area contributed by atoms with Crippen LogP contribution in [0.25, 0.3) is 0 Å². The van der Waals surface area contributed by atoms with E-state index in [9.17, 15) is 4.79 Å². The van der Waals surface area contributed by atoms with Crippen LogP contribution in [-0.4, -0.2) is 12.6 Å². The molecule has 8 heavy (non-hydrogen) atoms. The van der Waals surface area contributed by atoms with Crippen LogP contribution in [0, 0.1) is 0 Å². The summed E-state index contributed by atoms with van der Waals surface area (Å²) >= 11 is 0. The van der Waals surface area contributed by atoms with Crippen molar-refractivity contribution >= 4 is 12.6 Å². The molecule has 3 nitrogen and oxygen atoms in total. The summed E-state index contributed by atoms with van der Waals surface area (Å²) in [6, 6.07) is 0. The van der Waals surface area contributed by atoms with Crippen LogP contribution in [0.2, 0.25) is 0 Å². The maximum Gasteiger partial charge on any atom is 0.144 e. The molecule has 0 saturated heterocycles. The molecule has 3 heteroatoms. The number of hydrogen-bond acceptors (Lipinski definition) is 2. The number of nitrogens with zero attached hydrogens (tertiary/aromatic N) is 1. The van der Waals surface area contributed by atoms with Gasteiger partial charge in [0, 0.05) is 5.70 Å². The van der Waals surface area contributed by atoms with Gasteiger partial charge in [-0.15, -0.1) is 0 Å². The normalized spacial score (nSPS) is 12.4. The zero-order chi connectivity index (χ0) is 6.41. The number of aliphatic imine (C=N–C) groups is 1. The number of hydrogen-bond donors (Lipinski definition) is 1. The molecule has 0 spiro atoms. The lowest BCUT2D eigenvalue weighted by Crippen LogP contribution is -1.87. The molecule has 0 amide bonds. The van der Waals surface area contributed by atoms with Gasteiger partial charge in [0.25, 0.3) is 0 Å². The molecule has 0 fully saturated rings. The Kier molecular flexibility index (Phi) is 3.48. The molecule has 2 N–H and O–H groups in total. The van der Waals surface area contributed by atoms with Crippen LogP contribution in [0.3, 0.4) is 0 Å². The largest absolute Gasteiger partial charge is 0.390 e. The lowest BCUT2D eigenvalue weighted by Gasteiger charge is -1.81. The molecule has 0 saturated carbocycles. The number of allylic oxidation sites excluding steroid dienone is 2. The van der Waals surface area contributed by atoms with E-state index in [1.807, 2.05) is 0 Å². The van der Waals surface area contributed by atoms with Gasteiger partial charge in [-0.25, -0.2) is 4.99 Å². The summed E-state index contributed by atoms with van der Waals surface area (Å²) in [5.41, 5.74) is 5.52. The molecule has 0 aromatic carbocycles. The van der Waals surface area contributed by atoms with Gasteiger partial charge in [-0.2, -0.15) is 0 Å². The lowest BCUT2D eigenvalue weighted by atomic mass is 10.5. The first-order chi connectivity index (χ1) is 3.81. The summed E-state index contributed by atoms with van der Waals surface area (Å²) in [4.78, 5) is 13.3. The summed E-state index contributed by atoms with van der Waals surface area (Å²) in [7, 11) is 0. The van der Waals surface area contributed by atoms with Gasteiger partial charge < -0.3 is 5.73 Å². The number of nitrogens with two attached hydrogens (primary N) is 1. The van der Waals surface area contributed by atoms with Crippen molar-refractivity contribution in [2.24, 2.45) is 10.7 Å². The van der Waals surface area contributed by atoms with Crippen molar-refractivity contribution in [1.82, 2.24) is 0 Å².